The molecule has 0 amide bonds. The van der Waals surface area contributed by atoms with Gasteiger partial charge in [-0.1, -0.05) is 26.0 Å². The first kappa shape index (κ1) is 23.3. The highest BCUT2D eigenvalue weighted by Gasteiger charge is 2.24. The van der Waals surface area contributed by atoms with Crippen LogP contribution in [0.25, 0.3) is 0 Å². The fraction of sp³-hybridized carbons (Fsp3) is 0.476. The second-order valence-corrected chi connectivity index (χ2v) is 7.58. The third-order valence-corrected chi connectivity index (χ3v) is 5.00. The normalized spacial score (nSPS) is 15.1. The molecule has 2 aromatic rings. The van der Waals surface area contributed by atoms with E-state index < -0.39 is 0 Å². The highest BCUT2D eigenvalue weighted by Crippen LogP contribution is 2.24. The van der Waals surface area contributed by atoms with E-state index in [1.54, 1.807) is 12.4 Å². The average molecular weight is 512 g/mol. The number of benzene rings is 1. The lowest BCUT2D eigenvalue weighted by atomic mass is 9.85. The van der Waals surface area contributed by atoms with Crippen molar-refractivity contribution in [2.45, 2.75) is 26.2 Å². The molecule has 0 atom stereocenters. The number of rotatable bonds is 5. The van der Waals surface area contributed by atoms with Crippen molar-refractivity contribution in [3.05, 3.63) is 54.1 Å². The molecule has 1 aliphatic heterocycles. The van der Waals surface area contributed by atoms with Gasteiger partial charge in [-0.3, -0.25) is 4.99 Å². The van der Waals surface area contributed by atoms with Crippen molar-refractivity contribution < 1.29 is 4.39 Å². The number of anilines is 1. The summed E-state index contributed by atoms with van der Waals surface area (Å²) < 4.78 is 13.2. The Morgan fingerprint density at radius 3 is 2.31 bits per heavy atom. The molecule has 1 aliphatic rings. The Bertz CT molecular complexity index is 774. The molecule has 1 saturated heterocycles. The molecule has 0 unspecified atom stereocenters. The van der Waals surface area contributed by atoms with E-state index in [-0.39, 0.29) is 35.2 Å². The fourth-order valence-corrected chi connectivity index (χ4v) is 3.26. The Morgan fingerprint density at radius 1 is 1.10 bits per heavy atom. The second-order valence-electron chi connectivity index (χ2n) is 7.58. The molecule has 0 saturated carbocycles. The Kier molecular flexibility index (Phi) is 8.60. The maximum Gasteiger partial charge on any atom is 0.225 e. The highest BCUT2D eigenvalue weighted by atomic mass is 127. The zero-order chi connectivity index (χ0) is 20.0. The van der Waals surface area contributed by atoms with Crippen molar-refractivity contribution in [3.63, 3.8) is 0 Å². The summed E-state index contributed by atoms with van der Waals surface area (Å²) >= 11 is 0. The van der Waals surface area contributed by atoms with Gasteiger partial charge >= 0.3 is 0 Å². The van der Waals surface area contributed by atoms with Gasteiger partial charge in [0, 0.05) is 50.5 Å². The molecule has 0 radical (unpaired) electrons. The molecule has 0 aliphatic carbocycles. The number of guanidine groups is 1. The minimum atomic E-state index is -0.211. The van der Waals surface area contributed by atoms with Crippen LogP contribution in [-0.2, 0) is 5.41 Å². The summed E-state index contributed by atoms with van der Waals surface area (Å²) in [6.07, 6.45) is 3.55. The summed E-state index contributed by atoms with van der Waals surface area (Å²) in [5, 5.41) is 3.41. The van der Waals surface area contributed by atoms with Crippen LogP contribution >= 0.6 is 24.0 Å². The number of hydrogen-bond donors (Lipinski definition) is 1. The van der Waals surface area contributed by atoms with Crippen LogP contribution < -0.4 is 10.2 Å². The molecule has 1 fully saturated rings. The lowest BCUT2D eigenvalue weighted by Crippen LogP contribution is -2.53. The molecule has 0 bridgehead atoms. The van der Waals surface area contributed by atoms with Gasteiger partial charge in [-0.25, -0.2) is 14.4 Å². The van der Waals surface area contributed by atoms with Gasteiger partial charge in [0.15, 0.2) is 5.96 Å². The SMILES string of the molecule is CCNC(=NCC(C)(C)c1ccc(F)cc1)N1CCN(c2ncccn2)CC1.I. The van der Waals surface area contributed by atoms with Crippen molar-refractivity contribution >= 4 is 35.9 Å². The lowest BCUT2D eigenvalue weighted by molar-refractivity contribution is 0.368. The number of nitrogens with one attached hydrogen (secondary N) is 1. The largest absolute Gasteiger partial charge is 0.357 e. The van der Waals surface area contributed by atoms with Crippen molar-refractivity contribution in [1.82, 2.24) is 20.2 Å². The van der Waals surface area contributed by atoms with Gasteiger partial charge in [0.05, 0.1) is 6.54 Å². The molecule has 3 rings (SSSR count). The average Bonchev–Trinajstić information content (AvgIpc) is 2.72. The standard InChI is InChI=1S/C21H29FN6.HI/c1-4-23-19(26-16-21(2,3)17-6-8-18(22)9-7-17)27-12-14-28(15-13-27)20-24-10-5-11-25-20;/h5-11H,4,12-16H2,1-3H3,(H,23,26);1H. The minimum Gasteiger partial charge on any atom is -0.357 e. The van der Waals surface area contributed by atoms with Crippen molar-refractivity contribution in [1.29, 1.82) is 0 Å². The maximum absolute atomic E-state index is 13.2. The smallest absolute Gasteiger partial charge is 0.225 e. The molecule has 1 aromatic heterocycles. The van der Waals surface area contributed by atoms with Crippen molar-refractivity contribution in [2.24, 2.45) is 4.99 Å². The predicted octanol–water partition coefficient (Wildman–Crippen LogP) is 3.30. The van der Waals surface area contributed by atoms with E-state index >= 15 is 0 Å². The van der Waals surface area contributed by atoms with Crippen LogP contribution in [0, 0.1) is 5.82 Å². The number of aromatic nitrogens is 2. The van der Waals surface area contributed by atoms with Crippen LogP contribution in [0.5, 0.6) is 0 Å². The summed E-state index contributed by atoms with van der Waals surface area (Å²) in [6, 6.07) is 8.54. The van der Waals surface area contributed by atoms with Gasteiger partial charge in [0.25, 0.3) is 0 Å². The number of hydrogen-bond acceptors (Lipinski definition) is 4. The first-order valence-electron chi connectivity index (χ1n) is 9.81. The molecule has 1 aromatic carbocycles. The predicted molar refractivity (Wildman–Crippen MR) is 127 cm³/mol. The molecule has 1 N–H and O–H groups in total. The molecule has 6 nitrogen and oxygen atoms in total. The van der Waals surface area contributed by atoms with Gasteiger partial charge < -0.3 is 15.1 Å². The molecule has 2 heterocycles. The summed E-state index contributed by atoms with van der Waals surface area (Å²) in [5.41, 5.74) is 0.910. The molecular formula is C21H30FIN6. The van der Waals surface area contributed by atoms with Crippen LogP contribution in [0.4, 0.5) is 10.3 Å². The van der Waals surface area contributed by atoms with Crippen LogP contribution in [0.3, 0.4) is 0 Å². The number of piperazine rings is 1. The van der Waals surface area contributed by atoms with Crippen LogP contribution in [0.2, 0.25) is 0 Å². The van der Waals surface area contributed by atoms with E-state index in [9.17, 15) is 4.39 Å². The molecular weight excluding hydrogens is 482 g/mol. The zero-order valence-electron chi connectivity index (χ0n) is 17.3. The molecule has 29 heavy (non-hydrogen) atoms. The summed E-state index contributed by atoms with van der Waals surface area (Å²) in [4.78, 5) is 18.1. The maximum atomic E-state index is 13.2. The summed E-state index contributed by atoms with van der Waals surface area (Å²) in [7, 11) is 0. The van der Waals surface area contributed by atoms with E-state index in [4.69, 9.17) is 4.99 Å². The van der Waals surface area contributed by atoms with Crippen LogP contribution in [0.15, 0.2) is 47.7 Å². The topological polar surface area (TPSA) is 56.7 Å². The van der Waals surface area contributed by atoms with Gasteiger partial charge in [0.1, 0.15) is 5.82 Å². The molecule has 8 heteroatoms. The second kappa shape index (κ2) is 10.7. The minimum absolute atomic E-state index is 0. The molecule has 0 spiro atoms. The Hall–Kier alpha value is -1.97. The van der Waals surface area contributed by atoms with E-state index in [1.165, 1.54) is 12.1 Å². The Morgan fingerprint density at radius 2 is 1.72 bits per heavy atom. The zero-order valence-corrected chi connectivity index (χ0v) is 19.6. The monoisotopic (exact) mass is 512 g/mol. The number of nitrogens with zero attached hydrogens (tertiary/aromatic N) is 5. The first-order chi connectivity index (χ1) is 13.5. The summed E-state index contributed by atoms with van der Waals surface area (Å²) in [6.45, 7) is 11.2. The van der Waals surface area contributed by atoms with Crippen molar-refractivity contribution in [3.8, 4) is 0 Å². The number of halogens is 2. The van der Waals surface area contributed by atoms with Crippen LogP contribution in [-0.4, -0.2) is 60.1 Å². The van der Waals surface area contributed by atoms with Gasteiger partial charge in [0.2, 0.25) is 5.95 Å². The van der Waals surface area contributed by atoms with Crippen molar-refractivity contribution in [2.75, 3.05) is 44.2 Å². The molecule has 158 valence electrons. The quantitative estimate of drug-likeness (QED) is 0.379. The van der Waals surface area contributed by atoms with Crippen LogP contribution in [0.1, 0.15) is 26.3 Å². The number of aliphatic imine (C=N–C) groups is 1. The fourth-order valence-electron chi connectivity index (χ4n) is 3.26. The summed E-state index contributed by atoms with van der Waals surface area (Å²) in [5.74, 6) is 1.49. The first-order valence-corrected chi connectivity index (χ1v) is 9.81. The third-order valence-electron chi connectivity index (χ3n) is 5.00. The van der Waals surface area contributed by atoms with E-state index in [1.807, 2.05) is 18.2 Å². The highest BCUT2D eigenvalue weighted by molar-refractivity contribution is 14.0. The van der Waals surface area contributed by atoms with E-state index in [0.29, 0.717) is 6.54 Å². The van der Waals surface area contributed by atoms with Gasteiger partial charge in [-0.15, -0.1) is 24.0 Å². The van der Waals surface area contributed by atoms with E-state index in [0.717, 1.165) is 50.2 Å². The third kappa shape index (κ3) is 6.25. The van der Waals surface area contributed by atoms with Gasteiger partial charge in [-0.05, 0) is 30.7 Å². The lowest BCUT2D eigenvalue weighted by Gasteiger charge is -2.37. The Labute approximate surface area is 189 Å². The Balaban J connectivity index is 0.00000300. The van der Waals surface area contributed by atoms with E-state index in [2.05, 4.69) is 45.9 Å². The van der Waals surface area contributed by atoms with Gasteiger partial charge in [-0.2, -0.15) is 0 Å².